The zero-order valence-corrected chi connectivity index (χ0v) is 10.6. The fraction of sp³-hybridized carbons (Fsp3) is 0.615. The lowest BCUT2D eigenvalue weighted by Gasteiger charge is -2.35. The number of nitrogens with two attached hydrogens (primary N) is 1. The van der Waals surface area contributed by atoms with Gasteiger partial charge in [-0.05, 0) is 30.7 Å². The summed E-state index contributed by atoms with van der Waals surface area (Å²) in [4.78, 5) is 9.30. The second-order valence-corrected chi connectivity index (χ2v) is 4.56. The third kappa shape index (κ3) is 3.17. The van der Waals surface area contributed by atoms with E-state index in [1.54, 1.807) is 0 Å². The van der Waals surface area contributed by atoms with Gasteiger partial charge in [0.2, 0.25) is 0 Å². The van der Waals surface area contributed by atoms with E-state index in [-0.39, 0.29) is 0 Å². The summed E-state index contributed by atoms with van der Waals surface area (Å²) in [6.45, 7) is 8.46. The van der Waals surface area contributed by atoms with Crippen molar-refractivity contribution in [2.24, 2.45) is 5.73 Å². The Morgan fingerprint density at radius 3 is 2.71 bits per heavy atom. The maximum Gasteiger partial charge on any atom is 0.128 e. The Kier molecular flexibility index (Phi) is 4.34. The van der Waals surface area contributed by atoms with Crippen LogP contribution in [0.25, 0.3) is 0 Å². The monoisotopic (exact) mass is 234 g/mol. The number of anilines is 1. The highest BCUT2D eigenvalue weighted by Crippen LogP contribution is 2.14. The van der Waals surface area contributed by atoms with Crippen LogP contribution in [-0.4, -0.2) is 42.6 Å². The van der Waals surface area contributed by atoms with Gasteiger partial charge in [0.05, 0.1) is 0 Å². The molecule has 2 N–H and O–H groups in total. The van der Waals surface area contributed by atoms with Crippen molar-refractivity contribution in [2.45, 2.75) is 19.9 Å². The molecule has 0 aliphatic carbocycles. The third-order valence-corrected chi connectivity index (χ3v) is 3.28. The van der Waals surface area contributed by atoms with Crippen molar-refractivity contribution in [3.05, 3.63) is 23.9 Å². The summed E-state index contributed by atoms with van der Waals surface area (Å²) in [5.74, 6) is 1.07. The van der Waals surface area contributed by atoms with E-state index in [2.05, 4.69) is 27.8 Å². The van der Waals surface area contributed by atoms with Crippen LogP contribution in [0.1, 0.15) is 18.9 Å². The van der Waals surface area contributed by atoms with Gasteiger partial charge in [0.25, 0.3) is 0 Å². The van der Waals surface area contributed by atoms with Gasteiger partial charge in [-0.1, -0.05) is 6.92 Å². The highest BCUT2D eigenvalue weighted by molar-refractivity contribution is 5.41. The normalized spacial score (nSPS) is 17.4. The van der Waals surface area contributed by atoms with E-state index in [0.29, 0.717) is 6.54 Å². The molecule has 17 heavy (non-hydrogen) atoms. The van der Waals surface area contributed by atoms with Crippen molar-refractivity contribution in [2.75, 3.05) is 37.6 Å². The number of hydrogen-bond acceptors (Lipinski definition) is 4. The van der Waals surface area contributed by atoms with Crippen LogP contribution in [0.5, 0.6) is 0 Å². The van der Waals surface area contributed by atoms with Crippen molar-refractivity contribution < 1.29 is 0 Å². The molecule has 0 spiro atoms. The van der Waals surface area contributed by atoms with Crippen molar-refractivity contribution >= 4 is 5.82 Å². The standard InChI is InChI=1S/C13H22N4/c1-2-5-16-6-8-17(9-7-16)13-10-12(11-14)3-4-15-13/h3-4,10H,2,5-9,11,14H2,1H3. The third-order valence-electron chi connectivity index (χ3n) is 3.28. The highest BCUT2D eigenvalue weighted by atomic mass is 15.3. The number of aromatic nitrogens is 1. The Bertz CT molecular complexity index is 345. The molecular formula is C13H22N4. The quantitative estimate of drug-likeness (QED) is 0.846. The van der Waals surface area contributed by atoms with Gasteiger partial charge in [0.15, 0.2) is 0 Å². The van der Waals surface area contributed by atoms with E-state index in [9.17, 15) is 0 Å². The molecule has 0 saturated carbocycles. The molecule has 1 aromatic heterocycles. The van der Waals surface area contributed by atoms with Crippen molar-refractivity contribution in [3.8, 4) is 0 Å². The van der Waals surface area contributed by atoms with Crippen LogP contribution in [0.4, 0.5) is 5.82 Å². The smallest absolute Gasteiger partial charge is 0.128 e. The van der Waals surface area contributed by atoms with Gasteiger partial charge in [-0.25, -0.2) is 4.98 Å². The van der Waals surface area contributed by atoms with Crippen molar-refractivity contribution in [1.29, 1.82) is 0 Å². The van der Waals surface area contributed by atoms with E-state index in [0.717, 1.165) is 37.6 Å². The zero-order chi connectivity index (χ0) is 12.1. The lowest BCUT2D eigenvalue weighted by atomic mass is 10.2. The minimum Gasteiger partial charge on any atom is -0.354 e. The molecule has 1 aromatic rings. The molecule has 1 aliphatic heterocycles. The first-order valence-electron chi connectivity index (χ1n) is 6.45. The van der Waals surface area contributed by atoms with Crippen LogP contribution in [0.15, 0.2) is 18.3 Å². The first kappa shape index (κ1) is 12.3. The van der Waals surface area contributed by atoms with Crippen LogP contribution in [0, 0.1) is 0 Å². The maximum atomic E-state index is 5.66. The minimum absolute atomic E-state index is 0.589. The van der Waals surface area contributed by atoms with Crippen LogP contribution in [0.2, 0.25) is 0 Å². The second kappa shape index (κ2) is 5.98. The summed E-state index contributed by atoms with van der Waals surface area (Å²) in [6, 6.07) is 4.09. The summed E-state index contributed by atoms with van der Waals surface area (Å²) in [5.41, 5.74) is 6.81. The van der Waals surface area contributed by atoms with Crippen LogP contribution in [0.3, 0.4) is 0 Å². The fourth-order valence-electron chi connectivity index (χ4n) is 2.28. The summed E-state index contributed by atoms with van der Waals surface area (Å²) >= 11 is 0. The topological polar surface area (TPSA) is 45.4 Å². The Morgan fingerprint density at radius 1 is 1.29 bits per heavy atom. The van der Waals surface area contributed by atoms with E-state index in [1.165, 1.54) is 13.0 Å². The Morgan fingerprint density at radius 2 is 2.06 bits per heavy atom. The molecular weight excluding hydrogens is 212 g/mol. The lowest BCUT2D eigenvalue weighted by Crippen LogP contribution is -2.46. The van der Waals surface area contributed by atoms with Gasteiger partial charge >= 0.3 is 0 Å². The van der Waals surface area contributed by atoms with Crippen molar-refractivity contribution in [1.82, 2.24) is 9.88 Å². The molecule has 4 nitrogen and oxygen atoms in total. The largest absolute Gasteiger partial charge is 0.354 e. The molecule has 1 fully saturated rings. The van der Waals surface area contributed by atoms with E-state index in [1.807, 2.05) is 12.3 Å². The molecule has 4 heteroatoms. The number of hydrogen-bond donors (Lipinski definition) is 1. The number of rotatable bonds is 4. The maximum absolute atomic E-state index is 5.66. The molecule has 0 atom stereocenters. The second-order valence-electron chi connectivity index (χ2n) is 4.56. The number of pyridine rings is 1. The summed E-state index contributed by atoms with van der Waals surface area (Å²) in [6.07, 6.45) is 3.09. The molecule has 1 saturated heterocycles. The summed E-state index contributed by atoms with van der Waals surface area (Å²) < 4.78 is 0. The van der Waals surface area contributed by atoms with Crippen LogP contribution >= 0.6 is 0 Å². The SMILES string of the molecule is CCCN1CCN(c2cc(CN)ccn2)CC1. The lowest BCUT2D eigenvalue weighted by molar-refractivity contribution is 0.258. The molecule has 1 aliphatic rings. The number of nitrogens with zero attached hydrogens (tertiary/aromatic N) is 3. The molecule has 2 heterocycles. The Labute approximate surface area is 103 Å². The van der Waals surface area contributed by atoms with E-state index >= 15 is 0 Å². The first-order chi connectivity index (χ1) is 8.33. The first-order valence-corrected chi connectivity index (χ1v) is 6.45. The molecule has 0 radical (unpaired) electrons. The van der Waals surface area contributed by atoms with E-state index in [4.69, 9.17) is 5.73 Å². The van der Waals surface area contributed by atoms with E-state index < -0.39 is 0 Å². The molecule has 0 aromatic carbocycles. The molecule has 0 bridgehead atoms. The predicted molar refractivity (Wildman–Crippen MR) is 71.1 cm³/mol. The Balaban J connectivity index is 1.95. The highest BCUT2D eigenvalue weighted by Gasteiger charge is 2.17. The molecule has 0 unspecified atom stereocenters. The molecule has 0 amide bonds. The zero-order valence-electron chi connectivity index (χ0n) is 10.6. The summed E-state index contributed by atoms with van der Waals surface area (Å²) in [5, 5.41) is 0. The fourth-order valence-corrected chi connectivity index (χ4v) is 2.28. The van der Waals surface area contributed by atoms with Gasteiger partial charge in [0, 0.05) is 38.9 Å². The van der Waals surface area contributed by atoms with Crippen molar-refractivity contribution in [3.63, 3.8) is 0 Å². The predicted octanol–water partition coefficient (Wildman–Crippen LogP) is 1.07. The number of piperazine rings is 1. The van der Waals surface area contributed by atoms with Crippen LogP contribution in [-0.2, 0) is 6.54 Å². The van der Waals surface area contributed by atoms with Gasteiger partial charge < -0.3 is 10.6 Å². The van der Waals surface area contributed by atoms with Crippen LogP contribution < -0.4 is 10.6 Å². The minimum atomic E-state index is 0.589. The Hall–Kier alpha value is -1.13. The van der Waals surface area contributed by atoms with Gasteiger partial charge in [0.1, 0.15) is 5.82 Å². The molecule has 94 valence electrons. The van der Waals surface area contributed by atoms with Gasteiger partial charge in [-0.2, -0.15) is 0 Å². The molecule has 2 rings (SSSR count). The average Bonchev–Trinajstić information content (AvgIpc) is 2.40. The van der Waals surface area contributed by atoms with Gasteiger partial charge in [-0.15, -0.1) is 0 Å². The van der Waals surface area contributed by atoms with Gasteiger partial charge in [-0.3, -0.25) is 4.90 Å². The summed E-state index contributed by atoms with van der Waals surface area (Å²) in [7, 11) is 0. The average molecular weight is 234 g/mol.